The average molecular weight is 547 g/mol. The molecule has 1 aliphatic heterocycles. The SMILES string of the molecule is COc1cc2c(cc1OC(F)F)C(c1ccc(OC(F)F)c(OC(F)F)c1)=NC1CCC(OC(C)=O)CC21. The van der Waals surface area contributed by atoms with Gasteiger partial charge >= 0.3 is 25.8 Å². The van der Waals surface area contributed by atoms with Crippen molar-refractivity contribution in [3.05, 3.63) is 47.0 Å². The molecule has 1 saturated carbocycles. The second-order valence-corrected chi connectivity index (χ2v) is 8.58. The minimum Gasteiger partial charge on any atom is -0.493 e. The van der Waals surface area contributed by atoms with Crippen LogP contribution in [0.25, 0.3) is 0 Å². The van der Waals surface area contributed by atoms with Gasteiger partial charge in [-0.15, -0.1) is 0 Å². The maximum absolute atomic E-state index is 13.1. The fourth-order valence-corrected chi connectivity index (χ4v) is 4.88. The molecule has 1 aliphatic carbocycles. The lowest BCUT2D eigenvalue weighted by molar-refractivity contribution is -0.148. The summed E-state index contributed by atoms with van der Waals surface area (Å²) in [7, 11) is 1.29. The molecule has 1 fully saturated rings. The van der Waals surface area contributed by atoms with Gasteiger partial charge in [0, 0.05) is 24.0 Å². The van der Waals surface area contributed by atoms with Gasteiger partial charge in [-0.25, -0.2) is 0 Å². The summed E-state index contributed by atoms with van der Waals surface area (Å²) in [5.74, 6) is -2.26. The summed E-state index contributed by atoms with van der Waals surface area (Å²) in [5.41, 5.74) is 1.37. The van der Waals surface area contributed by atoms with Crippen LogP contribution in [0.4, 0.5) is 26.3 Å². The van der Waals surface area contributed by atoms with E-state index < -0.39 is 43.4 Å². The molecule has 0 aromatic heterocycles. The lowest BCUT2D eigenvalue weighted by atomic mass is 9.74. The number of ether oxygens (including phenoxy) is 5. The molecule has 0 saturated heterocycles. The highest BCUT2D eigenvalue weighted by Crippen LogP contribution is 2.46. The number of alkyl halides is 6. The Hall–Kier alpha value is -3.64. The second-order valence-electron chi connectivity index (χ2n) is 8.58. The van der Waals surface area contributed by atoms with Crippen LogP contribution in [-0.4, -0.2) is 50.8 Å². The van der Waals surface area contributed by atoms with Gasteiger partial charge < -0.3 is 23.7 Å². The normalized spacial score (nSPS) is 20.5. The van der Waals surface area contributed by atoms with Crippen LogP contribution in [0.2, 0.25) is 0 Å². The summed E-state index contributed by atoms with van der Waals surface area (Å²) >= 11 is 0. The predicted molar refractivity (Wildman–Crippen MR) is 121 cm³/mol. The lowest BCUT2D eigenvalue weighted by Gasteiger charge is -2.38. The first-order chi connectivity index (χ1) is 18.0. The molecule has 0 N–H and O–H groups in total. The molecule has 0 amide bonds. The van der Waals surface area contributed by atoms with Gasteiger partial charge in [-0.1, -0.05) is 0 Å². The number of fused-ring (bicyclic) bond motifs is 3. The molecule has 1 heterocycles. The van der Waals surface area contributed by atoms with Crippen LogP contribution < -0.4 is 18.9 Å². The van der Waals surface area contributed by atoms with Gasteiger partial charge in [0.2, 0.25) is 0 Å². The van der Waals surface area contributed by atoms with E-state index in [2.05, 4.69) is 14.2 Å². The maximum atomic E-state index is 13.1. The number of carbonyl (C=O) groups is 1. The highest BCUT2D eigenvalue weighted by atomic mass is 19.3. The largest absolute Gasteiger partial charge is 0.493 e. The Kier molecular flexibility index (Phi) is 8.22. The van der Waals surface area contributed by atoms with Gasteiger partial charge in [-0.05, 0) is 55.2 Å². The predicted octanol–water partition coefficient (Wildman–Crippen LogP) is 5.92. The molecule has 3 unspecified atom stereocenters. The third-order valence-corrected chi connectivity index (χ3v) is 6.25. The fraction of sp³-hybridized carbons (Fsp3) is 0.440. The highest BCUT2D eigenvalue weighted by molar-refractivity contribution is 6.15. The molecule has 2 aliphatic rings. The van der Waals surface area contributed by atoms with Crippen LogP contribution >= 0.6 is 0 Å². The Morgan fingerprint density at radius 2 is 1.50 bits per heavy atom. The zero-order valence-electron chi connectivity index (χ0n) is 20.1. The zero-order chi connectivity index (χ0) is 27.6. The van der Waals surface area contributed by atoms with E-state index in [4.69, 9.17) is 14.5 Å². The maximum Gasteiger partial charge on any atom is 0.387 e. The number of hydrogen-bond acceptors (Lipinski definition) is 7. The molecular formula is C25H23F6NO6. The summed E-state index contributed by atoms with van der Waals surface area (Å²) in [6, 6.07) is 5.90. The van der Waals surface area contributed by atoms with Crippen molar-refractivity contribution < 1.29 is 54.8 Å². The Bertz CT molecular complexity index is 1210. The first kappa shape index (κ1) is 27.4. The van der Waals surface area contributed by atoms with Crippen molar-refractivity contribution >= 4 is 11.7 Å². The topological polar surface area (TPSA) is 75.6 Å². The molecule has 0 bridgehead atoms. The molecule has 2 aromatic carbocycles. The van der Waals surface area contributed by atoms with Gasteiger partial charge in [0.15, 0.2) is 23.0 Å². The van der Waals surface area contributed by atoms with Gasteiger partial charge in [0.05, 0.1) is 18.9 Å². The van der Waals surface area contributed by atoms with E-state index in [1.165, 1.54) is 32.2 Å². The van der Waals surface area contributed by atoms with Crippen molar-refractivity contribution in [2.24, 2.45) is 4.99 Å². The number of aliphatic imine (C=N–C) groups is 1. The average Bonchev–Trinajstić information content (AvgIpc) is 2.83. The summed E-state index contributed by atoms with van der Waals surface area (Å²) in [6.07, 6.45) is 1.01. The molecule has 0 spiro atoms. The number of esters is 1. The molecule has 4 rings (SSSR count). The molecule has 0 radical (unpaired) electrons. The van der Waals surface area contributed by atoms with Crippen molar-refractivity contribution in [3.63, 3.8) is 0 Å². The Labute approximate surface area is 213 Å². The molecule has 38 heavy (non-hydrogen) atoms. The minimum atomic E-state index is -3.33. The third-order valence-electron chi connectivity index (χ3n) is 6.25. The molecule has 206 valence electrons. The van der Waals surface area contributed by atoms with E-state index in [1.807, 2.05) is 0 Å². The van der Waals surface area contributed by atoms with Crippen LogP contribution in [0.1, 0.15) is 48.8 Å². The molecule has 13 heteroatoms. The zero-order valence-corrected chi connectivity index (χ0v) is 20.1. The Morgan fingerprint density at radius 1 is 0.868 bits per heavy atom. The van der Waals surface area contributed by atoms with Gasteiger partial charge in [-0.3, -0.25) is 9.79 Å². The van der Waals surface area contributed by atoms with E-state index in [9.17, 15) is 31.1 Å². The van der Waals surface area contributed by atoms with Crippen molar-refractivity contribution in [1.82, 2.24) is 0 Å². The number of halogens is 6. The van der Waals surface area contributed by atoms with E-state index in [-0.39, 0.29) is 34.7 Å². The number of hydrogen-bond donors (Lipinski definition) is 0. The second kappa shape index (κ2) is 11.4. The number of carbonyl (C=O) groups excluding carboxylic acids is 1. The molecule has 3 atom stereocenters. The van der Waals surface area contributed by atoms with Crippen LogP contribution in [-0.2, 0) is 9.53 Å². The van der Waals surface area contributed by atoms with E-state index >= 15 is 0 Å². The minimum absolute atomic E-state index is 0.0288. The van der Waals surface area contributed by atoms with E-state index in [0.29, 0.717) is 30.4 Å². The summed E-state index contributed by atoms with van der Waals surface area (Å²) in [5, 5.41) is 0. The van der Waals surface area contributed by atoms with E-state index in [1.54, 1.807) is 0 Å². The first-order valence-corrected chi connectivity index (χ1v) is 11.5. The third kappa shape index (κ3) is 6.08. The monoisotopic (exact) mass is 547 g/mol. The number of methoxy groups -OCH3 is 1. The first-order valence-electron chi connectivity index (χ1n) is 11.5. The van der Waals surface area contributed by atoms with Crippen molar-refractivity contribution in [2.45, 2.75) is 64.1 Å². The number of benzene rings is 2. The Morgan fingerprint density at radius 3 is 2.11 bits per heavy atom. The van der Waals surface area contributed by atoms with Gasteiger partial charge in [-0.2, -0.15) is 26.3 Å². The van der Waals surface area contributed by atoms with E-state index in [0.717, 1.165) is 12.1 Å². The number of nitrogens with zero attached hydrogens (tertiary/aromatic N) is 1. The Balaban J connectivity index is 1.84. The quantitative estimate of drug-likeness (QED) is 0.287. The van der Waals surface area contributed by atoms with Crippen molar-refractivity contribution in [3.8, 4) is 23.0 Å². The number of rotatable bonds is 9. The van der Waals surface area contributed by atoms with Crippen LogP contribution in [0, 0.1) is 0 Å². The van der Waals surface area contributed by atoms with Crippen LogP contribution in [0.3, 0.4) is 0 Å². The summed E-state index contributed by atoms with van der Waals surface area (Å²) < 4.78 is 102. The molecule has 2 aromatic rings. The standard InChI is InChI=1S/C25H23F6NO6/c1-11(33)35-13-4-5-17-15(8-13)14-9-19(34-2)21(38-25(30)31)10-16(14)22(32-17)12-3-6-18(36-23(26)27)20(7-12)37-24(28)29/h3,6-7,9-10,13,15,17,23-25H,4-5,8H2,1-2H3. The van der Waals surface area contributed by atoms with Gasteiger partial charge in [0.1, 0.15) is 6.10 Å². The summed E-state index contributed by atoms with van der Waals surface area (Å²) in [6.45, 7) is -8.49. The smallest absolute Gasteiger partial charge is 0.387 e. The lowest BCUT2D eigenvalue weighted by Crippen LogP contribution is -2.36. The van der Waals surface area contributed by atoms with Crippen molar-refractivity contribution in [1.29, 1.82) is 0 Å². The highest BCUT2D eigenvalue weighted by Gasteiger charge is 2.39. The van der Waals surface area contributed by atoms with Crippen LogP contribution in [0.5, 0.6) is 23.0 Å². The fourth-order valence-electron chi connectivity index (χ4n) is 4.88. The molecular weight excluding hydrogens is 524 g/mol. The molecule has 7 nitrogen and oxygen atoms in total. The van der Waals surface area contributed by atoms with Crippen LogP contribution in [0.15, 0.2) is 35.3 Å². The van der Waals surface area contributed by atoms with Gasteiger partial charge in [0.25, 0.3) is 0 Å². The summed E-state index contributed by atoms with van der Waals surface area (Å²) in [4.78, 5) is 16.3. The van der Waals surface area contributed by atoms with Crippen molar-refractivity contribution in [2.75, 3.05) is 7.11 Å².